The molecule has 0 atom stereocenters. The Bertz CT molecular complexity index is 882. The molecule has 30 heavy (non-hydrogen) atoms. The molecular weight excluding hydrogens is 408 g/mol. The highest BCUT2D eigenvalue weighted by molar-refractivity contribution is 7.89. The normalized spacial score (nSPS) is 19.2. The van der Waals surface area contributed by atoms with E-state index in [2.05, 4.69) is 5.32 Å². The van der Waals surface area contributed by atoms with Gasteiger partial charge in [-0.3, -0.25) is 14.4 Å². The van der Waals surface area contributed by atoms with Crippen LogP contribution in [-0.2, 0) is 24.4 Å². The van der Waals surface area contributed by atoms with Gasteiger partial charge < -0.3 is 15.1 Å². The standard InChI is InChI=1S/C20H28N4O5S/c1-2-22-12-13-23(20(27)19(22)26)15-18(25)21-14-16-8-10-24(11-9-16)30(28,29)17-6-4-3-5-7-17/h3-7,16H,2,8-15H2,1H3,(H,21,25). The summed E-state index contributed by atoms with van der Waals surface area (Å²) in [6, 6.07) is 8.37. The number of carbonyl (C=O) groups excluding carboxylic acids is 3. The van der Waals surface area contributed by atoms with E-state index >= 15 is 0 Å². The van der Waals surface area contributed by atoms with Crippen molar-refractivity contribution < 1.29 is 22.8 Å². The number of piperazine rings is 1. The molecule has 10 heteroatoms. The van der Waals surface area contributed by atoms with Crippen LogP contribution in [0.4, 0.5) is 0 Å². The molecule has 0 aromatic heterocycles. The first kappa shape index (κ1) is 22.2. The minimum Gasteiger partial charge on any atom is -0.354 e. The highest BCUT2D eigenvalue weighted by Crippen LogP contribution is 2.23. The van der Waals surface area contributed by atoms with Gasteiger partial charge in [0.2, 0.25) is 15.9 Å². The molecule has 0 bridgehead atoms. The Balaban J connectivity index is 1.43. The van der Waals surface area contributed by atoms with E-state index in [0.717, 1.165) is 0 Å². The average molecular weight is 437 g/mol. The molecule has 2 aliphatic heterocycles. The Labute approximate surface area is 177 Å². The summed E-state index contributed by atoms with van der Waals surface area (Å²) in [5.74, 6) is -1.34. The number of piperidine rings is 1. The number of likely N-dealkylation sites (N-methyl/N-ethyl adjacent to an activating group) is 1. The van der Waals surface area contributed by atoms with Crippen molar-refractivity contribution in [2.75, 3.05) is 45.8 Å². The van der Waals surface area contributed by atoms with E-state index in [1.54, 1.807) is 30.3 Å². The lowest BCUT2D eigenvalue weighted by Crippen LogP contribution is -2.56. The summed E-state index contributed by atoms with van der Waals surface area (Å²) in [6.45, 7) is 4.17. The van der Waals surface area contributed by atoms with Gasteiger partial charge >= 0.3 is 11.8 Å². The first-order chi connectivity index (χ1) is 14.3. The van der Waals surface area contributed by atoms with Gasteiger partial charge in [-0.15, -0.1) is 0 Å². The van der Waals surface area contributed by atoms with E-state index in [9.17, 15) is 22.8 Å². The van der Waals surface area contributed by atoms with E-state index in [1.165, 1.54) is 14.1 Å². The number of benzene rings is 1. The second kappa shape index (κ2) is 9.57. The second-order valence-electron chi connectivity index (χ2n) is 7.58. The van der Waals surface area contributed by atoms with Crippen LogP contribution in [0.25, 0.3) is 0 Å². The summed E-state index contributed by atoms with van der Waals surface area (Å²) >= 11 is 0. The monoisotopic (exact) mass is 436 g/mol. The third-order valence-corrected chi connectivity index (χ3v) is 7.57. The molecule has 0 saturated carbocycles. The van der Waals surface area contributed by atoms with Crippen molar-refractivity contribution in [2.45, 2.75) is 24.7 Å². The molecule has 1 N–H and O–H groups in total. The topological polar surface area (TPSA) is 107 Å². The Morgan fingerprint density at radius 1 is 1.00 bits per heavy atom. The number of nitrogens with zero attached hydrogens (tertiary/aromatic N) is 3. The second-order valence-corrected chi connectivity index (χ2v) is 9.51. The molecule has 9 nitrogen and oxygen atoms in total. The maximum Gasteiger partial charge on any atom is 0.312 e. The van der Waals surface area contributed by atoms with Gasteiger partial charge in [0.1, 0.15) is 6.54 Å². The molecule has 164 valence electrons. The lowest BCUT2D eigenvalue weighted by atomic mass is 9.98. The van der Waals surface area contributed by atoms with Crippen molar-refractivity contribution in [1.29, 1.82) is 0 Å². The van der Waals surface area contributed by atoms with Crippen LogP contribution in [0.2, 0.25) is 0 Å². The van der Waals surface area contributed by atoms with Crippen molar-refractivity contribution >= 4 is 27.7 Å². The van der Waals surface area contributed by atoms with Gasteiger partial charge in [0, 0.05) is 39.3 Å². The van der Waals surface area contributed by atoms with Crippen molar-refractivity contribution in [3.63, 3.8) is 0 Å². The minimum absolute atomic E-state index is 0.136. The van der Waals surface area contributed by atoms with Gasteiger partial charge in [-0.05, 0) is 37.8 Å². The highest BCUT2D eigenvalue weighted by atomic mass is 32.2. The zero-order chi connectivity index (χ0) is 21.7. The van der Waals surface area contributed by atoms with Crippen molar-refractivity contribution in [1.82, 2.24) is 19.4 Å². The van der Waals surface area contributed by atoms with Crippen molar-refractivity contribution in [3.8, 4) is 0 Å². The molecule has 2 fully saturated rings. The number of amides is 3. The molecule has 2 saturated heterocycles. The van der Waals surface area contributed by atoms with Gasteiger partial charge in [-0.1, -0.05) is 18.2 Å². The fourth-order valence-electron chi connectivity index (χ4n) is 3.75. The van der Waals surface area contributed by atoms with E-state index in [-0.39, 0.29) is 18.4 Å². The summed E-state index contributed by atoms with van der Waals surface area (Å²) in [5.41, 5.74) is 0. The zero-order valence-electron chi connectivity index (χ0n) is 17.1. The fraction of sp³-hybridized carbons (Fsp3) is 0.550. The van der Waals surface area contributed by atoms with E-state index in [4.69, 9.17) is 0 Å². The number of hydrogen-bond donors (Lipinski definition) is 1. The Morgan fingerprint density at radius 2 is 1.60 bits per heavy atom. The van der Waals surface area contributed by atoms with Gasteiger partial charge in [-0.25, -0.2) is 8.42 Å². The highest BCUT2D eigenvalue weighted by Gasteiger charge is 2.33. The van der Waals surface area contributed by atoms with Gasteiger partial charge in [-0.2, -0.15) is 4.31 Å². The molecular formula is C20H28N4O5S. The lowest BCUT2D eigenvalue weighted by Gasteiger charge is -2.33. The predicted molar refractivity (Wildman–Crippen MR) is 110 cm³/mol. The van der Waals surface area contributed by atoms with Crippen LogP contribution >= 0.6 is 0 Å². The maximum absolute atomic E-state index is 12.7. The molecule has 1 aromatic rings. The molecule has 0 spiro atoms. The lowest BCUT2D eigenvalue weighted by molar-refractivity contribution is -0.156. The SMILES string of the molecule is CCN1CCN(CC(=O)NCC2CCN(S(=O)(=O)c3ccccc3)CC2)C(=O)C1=O. The van der Waals surface area contributed by atoms with Crippen LogP contribution in [-0.4, -0.2) is 86.1 Å². The van der Waals surface area contributed by atoms with E-state index in [1.807, 2.05) is 6.92 Å². The van der Waals surface area contributed by atoms with Crippen LogP contribution in [0.15, 0.2) is 35.2 Å². The number of sulfonamides is 1. The number of rotatable bonds is 7. The first-order valence-corrected chi connectivity index (χ1v) is 11.7. The molecule has 1 aromatic carbocycles. The van der Waals surface area contributed by atoms with Crippen molar-refractivity contribution in [3.05, 3.63) is 30.3 Å². The summed E-state index contributed by atoms with van der Waals surface area (Å²) in [5, 5.41) is 2.82. The Morgan fingerprint density at radius 3 is 2.23 bits per heavy atom. The number of nitrogens with one attached hydrogen (secondary N) is 1. The number of carbonyl (C=O) groups is 3. The van der Waals surface area contributed by atoms with Crippen LogP contribution in [0.1, 0.15) is 19.8 Å². The molecule has 3 amide bonds. The van der Waals surface area contributed by atoms with Crippen LogP contribution < -0.4 is 5.32 Å². The average Bonchev–Trinajstić information content (AvgIpc) is 2.76. The summed E-state index contributed by atoms with van der Waals surface area (Å²) in [4.78, 5) is 39.3. The molecule has 0 aliphatic carbocycles. The predicted octanol–water partition coefficient (Wildman–Crippen LogP) is -0.106. The Kier molecular flexibility index (Phi) is 7.09. The summed E-state index contributed by atoms with van der Waals surface area (Å²) < 4.78 is 26.8. The largest absolute Gasteiger partial charge is 0.354 e. The molecule has 2 heterocycles. The maximum atomic E-state index is 12.7. The third-order valence-electron chi connectivity index (χ3n) is 5.66. The van der Waals surface area contributed by atoms with Gasteiger partial charge in [0.05, 0.1) is 4.90 Å². The van der Waals surface area contributed by atoms with E-state index < -0.39 is 21.8 Å². The minimum atomic E-state index is -3.49. The molecule has 2 aliphatic rings. The van der Waals surface area contributed by atoms with Crippen molar-refractivity contribution in [2.24, 2.45) is 5.92 Å². The van der Waals surface area contributed by atoms with Crippen LogP contribution in [0.3, 0.4) is 0 Å². The summed E-state index contributed by atoms with van der Waals surface area (Å²) in [7, 11) is -3.49. The molecule has 0 unspecified atom stereocenters. The number of hydrogen-bond acceptors (Lipinski definition) is 5. The molecule has 3 rings (SSSR count). The van der Waals surface area contributed by atoms with Crippen LogP contribution in [0, 0.1) is 5.92 Å². The summed E-state index contributed by atoms with van der Waals surface area (Å²) in [6.07, 6.45) is 1.30. The van der Waals surface area contributed by atoms with E-state index in [0.29, 0.717) is 57.0 Å². The van der Waals surface area contributed by atoms with Gasteiger partial charge in [0.15, 0.2) is 0 Å². The molecule has 0 radical (unpaired) electrons. The Hall–Kier alpha value is -2.46. The first-order valence-electron chi connectivity index (χ1n) is 10.2. The fourth-order valence-corrected chi connectivity index (χ4v) is 5.24. The smallest absolute Gasteiger partial charge is 0.312 e. The zero-order valence-corrected chi connectivity index (χ0v) is 17.9. The van der Waals surface area contributed by atoms with Crippen LogP contribution in [0.5, 0.6) is 0 Å². The van der Waals surface area contributed by atoms with Gasteiger partial charge in [0.25, 0.3) is 0 Å². The third kappa shape index (κ3) is 4.99. The quantitative estimate of drug-likeness (QED) is 0.601.